The third kappa shape index (κ3) is 5.26. The summed E-state index contributed by atoms with van der Waals surface area (Å²) in [4.78, 5) is 15.1. The number of nitrogens with one attached hydrogen (secondary N) is 1. The first kappa shape index (κ1) is 20.7. The van der Waals surface area contributed by atoms with Crippen molar-refractivity contribution in [1.82, 2.24) is 15.1 Å². The van der Waals surface area contributed by atoms with Crippen molar-refractivity contribution < 1.29 is 9.21 Å². The van der Waals surface area contributed by atoms with Gasteiger partial charge < -0.3 is 9.73 Å². The van der Waals surface area contributed by atoms with Crippen LogP contribution in [0.3, 0.4) is 0 Å². The lowest BCUT2D eigenvalue weighted by molar-refractivity contribution is -0.117. The maximum absolute atomic E-state index is 12.3. The molecule has 0 aliphatic rings. The summed E-state index contributed by atoms with van der Waals surface area (Å²) < 4.78 is 5.67. The Morgan fingerprint density at radius 3 is 2.75 bits per heavy atom. The number of aromatic nitrogens is 2. The molecule has 0 bridgehead atoms. The number of hydrogen-bond acceptors (Lipinski definition) is 6. The number of nitrogens with zero attached hydrogens (tertiary/aromatic N) is 3. The van der Waals surface area contributed by atoms with Gasteiger partial charge in [0, 0.05) is 9.92 Å². The van der Waals surface area contributed by atoms with Crippen LogP contribution in [-0.2, 0) is 11.3 Å². The molecule has 0 aliphatic carbocycles. The number of rotatable bonds is 7. The molecule has 0 spiro atoms. The molecule has 6 nitrogen and oxygen atoms in total. The Balaban J connectivity index is 1.60. The van der Waals surface area contributed by atoms with E-state index in [1.165, 1.54) is 0 Å². The molecule has 0 unspecified atom stereocenters. The maximum Gasteiger partial charge on any atom is 0.249 e. The average Bonchev–Trinajstić information content (AvgIpc) is 3.09. The van der Waals surface area contributed by atoms with Crippen molar-refractivity contribution in [1.29, 1.82) is 0 Å². The molecule has 1 N–H and O–H groups in total. The Bertz CT molecular complexity index is 980. The van der Waals surface area contributed by atoms with Gasteiger partial charge in [-0.1, -0.05) is 35.3 Å². The predicted octanol–water partition coefficient (Wildman–Crippen LogP) is 4.84. The molecular formula is C19H18Cl2N4O2S. The minimum Gasteiger partial charge on any atom is -0.419 e. The lowest BCUT2D eigenvalue weighted by Crippen LogP contribution is -2.30. The normalized spacial score (nSPS) is 11.0. The van der Waals surface area contributed by atoms with Gasteiger partial charge in [-0.2, -0.15) is 0 Å². The van der Waals surface area contributed by atoms with Crippen molar-refractivity contribution in [2.45, 2.75) is 11.4 Å². The number of carbonyl (C=O) groups is 1. The molecule has 0 aliphatic heterocycles. The van der Waals surface area contributed by atoms with E-state index in [4.69, 9.17) is 27.6 Å². The molecule has 2 aromatic carbocycles. The molecule has 0 radical (unpaired) electrons. The zero-order chi connectivity index (χ0) is 20.1. The van der Waals surface area contributed by atoms with Gasteiger partial charge in [0.2, 0.25) is 17.7 Å². The molecule has 146 valence electrons. The van der Waals surface area contributed by atoms with Crippen molar-refractivity contribution in [2.24, 2.45) is 0 Å². The lowest BCUT2D eigenvalue weighted by atomic mass is 10.2. The van der Waals surface area contributed by atoms with Crippen LogP contribution < -0.4 is 5.32 Å². The van der Waals surface area contributed by atoms with Crippen molar-refractivity contribution >= 4 is 46.6 Å². The van der Waals surface area contributed by atoms with Crippen LogP contribution in [0, 0.1) is 0 Å². The van der Waals surface area contributed by atoms with Crippen LogP contribution in [-0.4, -0.2) is 40.9 Å². The molecule has 1 aromatic heterocycles. The topological polar surface area (TPSA) is 71.3 Å². The van der Waals surface area contributed by atoms with Crippen LogP contribution in [0.1, 0.15) is 5.89 Å². The SMILES string of the molecule is CSc1ccccc1NC(=O)CN(C)Cc1nnc(-c2ccc(Cl)cc2Cl)o1. The van der Waals surface area contributed by atoms with E-state index < -0.39 is 0 Å². The van der Waals surface area contributed by atoms with Gasteiger partial charge in [0.25, 0.3) is 0 Å². The number of thioether (sulfide) groups is 1. The number of halogens is 2. The fraction of sp³-hybridized carbons (Fsp3) is 0.211. The Labute approximate surface area is 177 Å². The Kier molecular flexibility index (Phi) is 6.96. The second kappa shape index (κ2) is 9.43. The van der Waals surface area contributed by atoms with Crippen molar-refractivity contribution in [2.75, 3.05) is 25.2 Å². The van der Waals surface area contributed by atoms with E-state index in [0.717, 1.165) is 10.6 Å². The zero-order valence-electron chi connectivity index (χ0n) is 15.3. The minimum absolute atomic E-state index is 0.121. The summed E-state index contributed by atoms with van der Waals surface area (Å²) in [6.45, 7) is 0.512. The highest BCUT2D eigenvalue weighted by molar-refractivity contribution is 7.98. The summed E-state index contributed by atoms with van der Waals surface area (Å²) in [7, 11) is 1.80. The van der Waals surface area contributed by atoms with E-state index >= 15 is 0 Å². The van der Waals surface area contributed by atoms with Gasteiger partial charge in [0.15, 0.2) is 0 Å². The minimum atomic E-state index is -0.121. The van der Waals surface area contributed by atoms with E-state index in [2.05, 4.69) is 15.5 Å². The third-order valence-corrected chi connectivity index (χ3v) is 5.17. The van der Waals surface area contributed by atoms with E-state index in [9.17, 15) is 4.79 Å². The fourth-order valence-corrected chi connectivity index (χ4v) is 3.60. The van der Waals surface area contributed by atoms with Gasteiger partial charge >= 0.3 is 0 Å². The molecule has 1 amide bonds. The summed E-state index contributed by atoms with van der Waals surface area (Å²) in [5.74, 6) is 0.578. The molecule has 0 fully saturated rings. The number of benzene rings is 2. The molecule has 0 saturated heterocycles. The number of hydrogen-bond donors (Lipinski definition) is 1. The molecular weight excluding hydrogens is 419 g/mol. The van der Waals surface area contributed by atoms with Gasteiger partial charge in [-0.25, -0.2) is 0 Å². The number of carbonyl (C=O) groups excluding carboxylic acids is 1. The Hall–Kier alpha value is -2.06. The molecule has 9 heteroatoms. The van der Waals surface area contributed by atoms with E-state index in [1.54, 1.807) is 41.9 Å². The smallest absolute Gasteiger partial charge is 0.249 e. The highest BCUT2D eigenvalue weighted by Gasteiger charge is 2.15. The van der Waals surface area contributed by atoms with Crippen LogP contribution >= 0.6 is 35.0 Å². The van der Waals surface area contributed by atoms with Crippen molar-refractivity contribution in [3.05, 3.63) is 58.4 Å². The molecule has 28 heavy (non-hydrogen) atoms. The molecule has 3 aromatic rings. The summed E-state index contributed by atoms with van der Waals surface area (Å²) in [6.07, 6.45) is 1.97. The standard InChI is InChI=1S/C19H18Cl2N4O2S/c1-25(10-17(26)22-15-5-3-4-6-16(15)28-2)11-18-23-24-19(27-18)13-8-7-12(20)9-14(13)21/h3-9H,10-11H2,1-2H3,(H,22,26). The number of likely N-dealkylation sites (N-methyl/N-ethyl adjacent to an activating group) is 1. The Morgan fingerprint density at radius 2 is 2.00 bits per heavy atom. The van der Waals surface area contributed by atoms with Crippen LogP contribution in [0.4, 0.5) is 5.69 Å². The molecule has 1 heterocycles. The van der Waals surface area contributed by atoms with Gasteiger partial charge in [0.1, 0.15) is 0 Å². The predicted molar refractivity (Wildman–Crippen MR) is 113 cm³/mol. The van der Waals surface area contributed by atoms with Gasteiger partial charge in [-0.05, 0) is 43.6 Å². The van der Waals surface area contributed by atoms with E-state index in [1.807, 2.05) is 30.5 Å². The fourth-order valence-electron chi connectivity index (χ4n) is 2.56. The summed E-state index contributed by atoms with van der Waals surface area (Å²) >= 11 is 13.7. The van der Waals surface area contributed by atoms with Crippen LogP contribution in [0.25, 0.3) is 11.5 Å². The summed E-state index contributed by atoms with van der Waals surface area (Å²) in [5.41, 5.74) is 1.41. The van der Waals surface area contributed by atoms with Crippen molar-refractivity contribution in [3.63, 3.8) is 0 Å². The summed E-state index contributed by atoms with van der Waals surface area (Å²) in [6, 6.07) is 12.7. The number of para-hydroxylation sites is 1. The lowest BCUT2D eigenvalue weighted by Gasteiger charge is -2.15. The van der Waals surface area contributed by atoms with E-state index in [-0.39, 0.29) is 12.5 Å². The van der Waals surface area contributed by atoms with Crippen LogP contribution in [0.2, 0.25) is 10.0 Å². The molecule has 0 atom stereocenters. The second-order valence-corrected chi connectivity index (χ2v) is 7.74. The van der Waals surface area contributed by atoms with Crippen molar-refractivity contribution in [3.8, 4) is 11.5 Å². The van der Waals surface area contributed by atoms with Gasteiger partial charge in [-0.3, -0.25) is 9.69 Å². The van der Waals surface area contributed by atoms with Crippen LogP contribution in [0.15, 0.2) is 51.8 Å². The highest BCUT2D eigenvalue weighted by atomic mass is 35.5. The monoisotopic (exact) mass is 436 g/mol. The molecule has 3 rings (SSSR count). The summed E-state index contributed by atoms with van der Waals surface area (Å²) in [5, 5.41) is 11.9. The average molecular weight is 437 g/mol. The first-order valence-corrected chi connectivity index (χ1v) is 10.3. The zero-order valence-corrected chi connectivity index (χ0v) is 17.6. The highest BCUT2D eigenvalue weighted by Crippen LogP contribution is 2.29. The third-order valence-electron chi connectivity index (χ3n) is 3.83. The quantitative estimate of drug-likeness (QED) is 0.534. The van der Waals surface area contributed by atoms with Gasteiger partial charge in [-0.15, -0.1) is 22.0 Å². The number of anilines is 1. The molecule has 0 saturated carbocycles. The first-order chi connectivity index (χ1) is 13.5. The largest absolute Gasteiger partial charge is 0.419 e. The van der Waals surface area contributed by atoms with Gasteiger partial charge in [0.05, 0.1) is 29.4 Å². The van der Waals surface area contributed by atoms with Crippen LogP contribution in [0.5, 0.6) is 0 Å². The Morgan fingerprint density at radius 1 is 1.21 bits per heavy atom. The van der Waals surface area contributed by atoms with E-state index in [0.29, 0.717) is 33.9 Å². The first-order valence-electron chi connectivity index (χ1n) is 8.35. The second-order valence-electron chi connectivity index (χ2n) is 6.05. The number of amides is 1. The maximum atomic E-state index is 12.3.